The summed E-state index contributed by atoms with van der Waals surface area (Å²) >= 11 is 5.10. The minimum absolute atomic E-state index is 0.271. The fourth-order valence-electron chi connectivity index (χ4n) is 2.42. The predicted molar refractivity (Wildman–Crippen MR) is 77.4 cm³/mol. The second-order valence-corrected chi connectivity index (χ2v) is 6.47. The van der Waals surface area contributed by atoms with Gasteiger partial charge in [0.15, 0.2) is 0 Å². The lowest BCUT2D eigenvalue weighted by Gasteiger charge is -2.24. The quantitative estimate of drug-likeness (QED) is 0.869. The highest BCUT2D eigenvalue weighted by Crippen LogP contribution is 2.33. The number of nitrogen functional groups attached to an aromatic ring is 1. The molecule has 0 saturated carbocycles. The van der Waals surface area contributed by atoms with E-state index in [1.807, 2.05) is 16.3 Å². The van der Waals surface area contributed by atoms with Crippen molar-refractivity contribution in [2.24, 2.45) is 0 Å². The third-order valence-corrected chi connectivity index (χ3v) is 5.07. The molecule has 1 aliphatic heterocycles. The van der Waals surface area contributed by atoms with E-state index in [0.29, 0.717) is 16.5 Å². The number of hydrogen-bond donors (Lipinski definition) is 1. The molecule has 1 aromatic carbocycles. The van der Waals surface area contributed by atoms with Gasteiger partial charge in [0.1, 0.15) is 5.82 Å². The molecule has 6 heteroatoms. The van der Waals surface area contributed by atoms with Gasteiger partial charge < -0.3 is 10.3 Å². The van der Waals surface area contributed by atoms with Crippen LogP contribution in [0.3, 0.4) is 0 Å². The van der Waals surface area contributed by atoms with Gasteiger partial charge in [0.05, 0.1) is 15.5 Å². The van der Waals surface area contributed by atoms with Crippen molar-refractivity contribution in [3.8, 4) is 0 Å². The summed E-state index contributed by atoms with van der Waals surface area (Å²) in [5, 5.41) is 0. The molecule has 0 bridgehead atoms. The van der Waals surface area contributed by atoms with E-state index < -0.39 is 0 Å². The molecule has 0 aliphatic carbocycles. The van der Waals surface area contributed by atoms with Crippen molar-refractivity contribution in [2.75, 3.05) is 17.2 Å². The zero-order valence-corrected chi connectivity index (χ0v) is 12.1. The Balaban J connectivity index is 2.15. The van der Waals surface area contributed by atoms with Crippen molar-refractivity contribution < 1.29 is 4.39 Å². The van der Waals surface area contributed by atoms with Gasteiger partial charge in [0.2, 0.25) is 5.95 Å². The van der Waals surface area contributed by atoms with E-state index in [4.69, 9.17) is 5.73 Å². The fourth-order valence-corrected chi connectivity index (χ4v) is 3.88. The summed E-state index contributed by atoms with van der Waals surface area (Å²) in [7, 11) is 0. The monoisotopic (exact) mass is 329 g/mol. The topological polar surface area (TPSA) is 43.8 Å². The fraction of sp³-hybridized carbons (Fsp3) is 0.417. The largest absolute Gasteiger partial charge is 0.369 e. The van der Waals surface area contributed by atoms with Gasteiger partial charge in [-0.05, 0) is 40.6 Å². The van der Waals surface area contributed by atoms with Crippen molar-refractivity contribution in [1.82, 2.24) is 9.55 Å². The van der Waals surface area contributed by atoms with Crippen LogP contribution in [-0.4, -0.2) is 21.1 Å². The van der Waals surface area contributed by atoms with E-state index in [1.54, 1.807) is 6.07 Å². The number of anilines is 1. The summed E-state index contributed by atoms with van der Waals surface area (Å²) in [5.74, 6) is 2.43. The molecule has 1 unspecified atom stereocenters. The maximum absolute atomic E-state index is 13.7. The standard InChI is InChI=1S/C12H13BrFN3S/c13-8-4-10-11(5-9(8)14)17(12(15)16-10)7-2-1-3-18-6-7/h4-5,7H,1-3,6H2,(H2,15,16). The van der Waals surface area contributed by atoms with E-state index >= 15 is 0 Å². The molecule has 0 radical (unpaired) electrons. The minimum atomic E-state index is -0.271. The second kappa shape index (κ2) is 4.74. The number of nitrogens with zero attached hydrogens (tertiary/aromatic N) is 2. The number of thioether (sulfide) groups is 1. The lowest BCUT2D eigenvalue weighted by molar-refractivity contribution is 0.516. The Morgan fingerprint density at radius 1 is 1.50 bits per heavy atom. The number of rotatable bonds is 1. The van der Waals surface area contributed by atoms with Crippen LogP contribution in [0.1, 0.15) is 18.9 Å². The highest BCUT2D eigenvalue weighted by Gasteiger charge is 2.21. The second-order valence-electron chi connectivity index (χ2n) is 4.47. The average Bonchev–Trinajstić information content (AvgIpc) is 2.66. The van der Waals surface area contributed by atoms with E-state index in [-0.39, 0.29) is 5.82 Å². The Bertz CT molecular complexity index is 593. The molecule has 18 heavy (non-hydrogen) atoms. The van der Waals surface area contributed by atoms with Crippen LogP contribution in [0, 0.1) is 5.82 Å². The van der Waals surface area contributed by atoms with Crippen LogP contribution in [0.15, 0.2) is 16.6 Å². The molecule has 1 fully saturated rings. The Morgan fingerprint density at radius 3 is 3.06 bits per heavy atom. The van der Waals surface area contributed by atoms with Crippen LogP contribution in [0.25, 0.3) is 11.0 Å². The van der Waals surface area contributed by atoms with Crippen LogP contribution in [0.5, 0.6) is 0 Å². The van der Waals surface area contributed by atoms with Crippen molar-refractivity contribution in [3.63, 3.8) is 0 Å². The minimum Gasteiger partial charge on any atom is -0.369 e. The SMILES string of the molecule is Nc1nc2cc(Br)c(F)cc2n1C1CCCSC1. The van der Waals surface area contributed by atoms with Crippen LogP contribution >= 0.6 is 27.7 Å². The first kappa shape index (κ1) is 12.3. The number of nitrogens with two attached hydrogens (primary N) is 1. The molecule has 2 N–H and O–H groups in total. The zero-order chi connectivity index (χ0) is 12.7. The molecule has 3 rings (SSSR count). The van der Waals surface area contributed by atoms with Gasteiger partial charge in [-0.25, -0.2) is 9.37 Å². The van der Waals surface area contributed by atoms with Crippen molar-refractivity contribution in [2.45, 2.75) is 18.9 Å². The molecule has 3 nitrogen and oxygen atoms in total. The lowest BCUT2D eigenvalue weighted by Crippen LogP contribution is -2.17. The summed E-state index contributed by atoms with van der Waals surface area (Å²) in [6, 6.07) is 3.53. The Kier molecular flexibility index (Phi) is 3.23. The Hall–Kier alpha value is -0.750. The highest BCUT2D eigenvalue weighted by atomic mass is 79.9. The third-order valence-electron chi connectivity index (χ3n) is 3.26. The number of halogens is 2. The zero-order valence-electron chi connectivity index (χ0n) is 9.70. The number of aromatic nitrogens is 2. The van der Waals surface area contributed by atoms with Gasteiger partial charge in [-0.3, -0.25) is 0 Å². The maximum atomic E-state index is 13.7. The number of hydrogen-bond acceptors (Lipinski definition) is 3. The normalized spacial score (nSPS) is 20.4. The van der Waals surface area contributed by atoms with E-state index in [0.717, 1.165) is 23.2 Å². The summed E-state index contributed by atoms with van der Waals surface area (Å²) in [6.07, 6.45) is 2.26. The summed E-state index contributed by atoms with van der Waals surface area (Å²) in [4.78, 5) is 4.33. The van der Waals surface area contributed by atoms with Gasteiger partial charge in [-0.15, -0.1) is 0 Å². The van der Waals surface area contributed by atoms with E-state index in [2.05, 4.69) is 20.9 Å². The summed E-state index contributed by atoms with van der Waals surface area (Å²) < 4.78 is 16.1. The van der Waals surface area contributed by atoms with Crippen LogP contribution in [-0.2, 0) is 0 Å². The molecular formula is C12H13BrFN3S. The maximum Gasteiger partial charge on any atom is 0.201 e. The van der Waals surface area contributed by atoms with E-state index in [1.165, 1.54) is 18.2 Å². The highest BCUT2D eigenvalue weighted by molar-refractivity contribution is 9.10. The first-order valence-corrected chi connectivity index (χ1v) is 7.82. The van der Waals surface area contributed by atoms with Gasteiger partial charge in [-0.1, -0.05) is 0 Å². The smallest absolute Gasteiger partial charge is 0.201 e. The Morgan fingerprint density at radius 2 is 2.33 bits per heavy atom. The molecule has 2 aromatic rings. The molecule has 2 heterocycles. The lowest BCUT2D eigenvalue weighted by atomic mass is 10.1. The van der Waals surface area contributed by atoms with E-state index in [9.17, 15) is 4.39 Å². The predicted octanol–water partition coefficient (Wildman–Crippen LogP) is 3.59. The molecule has 96 valence electrons. The molecule has 1 aliphatic rings. The van der Waals surface area contributed by atoms with Crippen molar-refractivity contribution >= 4 is 44.7 Å². The van der Waals surface area contributed by atoms with Gasteiger partial charge >= 0.3 is 0 Å². The molecule has 0 spiro atoms. The summed E-state index contributed by atoms with van der Waals surface area (Å²) in [5.41, 5.74) is 7.53. The Labute approximate surface area is 117 Å². The first-order chi connectivity index (χ1) is 8.66. The molecule has 1 saturated heterocycles. The van der Waals surface area contributed by atoms with Gasteiger partial charge in [0, 0.05) is 17.9 Å². The van der Waals surface area contributed by atoms with Gasteiger partial charge in [0.25, 0.3) is 0 Å². The number of fused-ring (bicyclic) bond motifs is 1. The third kappa shape index (κ3) is 2.01. The van der Waals surface area contributed by atoms with Crippen LogP contribution in [0.4, 0.5) is 10.3 Å². The molecule has 0 amide bonds. The summed E-state index contributed by atoms with van der Waals surface area (Å²) in [6.45, 7) is 0. The molecule has 1 aromatic heterocycles. The number of imidazole rings is 1. The van der Waals surface area contributed by atoms with Crippen LogP contribution in [0.2, 0.25) is 0 Å². The first-order valence-electron chi connectivity index (χ1n) is 5.87. The number of benzene rings is 1. The van der Waals surface area contributed by atoms with Gasteiger partial charge in [-0.2, -0.15) is 11.8 Å². The van der Waals surface area contributed by atoms with Crippen molar-refractivity contribution in [1.29, 1.82) is 0 Å². The average molecular weight is 330 g/mol. The van der Waals surface area contributed by atoms with Crippen LogP contribution < -0.4 is 5.73 Å². The van der Waals surface area contributed by atoms with Crippen molar-refractivity contribution in [3.05, 3.63) is 22.4 Å². The molecular weight excluding hydrogens is 317 g/mol. The molecule has 1 atom stereocenters.